The van der Waals surface area contributed by atoms with E-state index in [2.05, 4.69) is 48.3 Å². The molecule has 4 unspecified atom stereocenters. The van der Waals surface area contributed by atoms with Gasteiger partial charge in [0.1, 0.15) is 0 Å². The number of rotatable bonds is 2. The molecular formula is C15H30N4. The molecule has 0 aromatic carbocycles. The lowest BCUT2D eigenvalue weighted by Crippen LogP contribution is -2.72. The Morgan fingerprint density at radius 3 is 2.53 bits per heavy atom. The summed E-state index contributed by atoms with van der Waals surface area (Å²) >= 11 is 0. The van der Waals surface area contributed by atoms with Crippen molar-refractivity contribution >= 4 is 0 Å². The van der Waals surface area contributed by atoms with Crippen molar-refractivity contribution in [3.05, 3.63) is 0 Å². The molecule has 3 rings (SSSR count). The van der Waals surface area contributed by atoms with E-state index >= 15 is 0 Å². The fourth-order valence-corrected chi connectivity index (χ4v) is 4.58. The molecule has 4 nitrogen and oxygen atoms in total. The van der Waals surface area contributed by atoms with Crippen LogP contribution in [0.4, 0.5) is 0 Å². The maximum absolute atomic E-state index is 3.89. The summed E-state index contributed by atoms with van der Waals surface area (Å²) in [6.07, 6.45) is 6.52. The fourth-order valence-electron chi connectivity index (χ4n) is 4.58. The van der Waals surface area contributed by atoms with E-state index in [1.165, 1.54) is 25.7 Å². The first-order valence-corrected chi connectivity index (χ1v) is 8.14. The summed E-state index contributed by atoms with van der Waals surface area (Å²) in [5.41, 5.74) is 0.223. The average Bonchev–Trinajstić information content (AvgIpc) is 3.01. The molecule has 2 N–H and O–H groups in total. The molecule has 0 amide bonds. The van der Waals surface area contributed by atoms with E-state index in [1.807, 2.05) is 0 Å². The van der Waals surface area contributed by atoms with Gasteiger partial charge in [0, 0.05) is 24.7 Å². The molecule has 2 aliphatic heterocycles. The number of hydrogen-bond acceptors (Lipinski definition) is 4. The third-order valence-corrected chi connectivity index (χ3v) is 5.73. The van der Waals surface area contributed by atoms with Crippen molar-refractivity contribution in [2.75, 3.05) is 13.1 Å². The third kappa shape index (κ3) is 2.04. The Morgan fingerprint density at radius 1 is 1.21 bits per heavy atom. The van der Waals surface area contributed by atoms with Crippen LogP contribution in [0, 0.1) is 5.92 Å². The van der Waals surface area contributed by atoms with Crippen molar-refractivity contribution < 1.29 is 0 Å². The molecule has 2 heterocycles. The smallest absolute Gasteiger partial charge is 0.0935 e. The van der Waals surface area contributed by atoms with Crippen LogP contribution >= 0.6 is 0 Å². The Kier molecular flexibility index (Phi) is 3.63. The van der Waals surface area contributed by atoms with E-state index < -0.39 is 0 Å². The van der Waals surface area contributed by atoms with Gasteiger partial charge in [0.25, 0.3) is 0 Å². The Balaban J connectivity index is 1.88. The standard InChI is InChI=1S/C15H30N4/c1-5-18-12(3)17-14-15(4,13-8-6-7-9-13)16-10-11(2)19(14)18/h11-14,16-17H,5-10H2,1-4H3. The van der Waals surface area contributed by atoms with Gasteiger partial charge in [-0.05, 0) is 39.5 Å². The minimum Gasteiger partial charge on any atom is -0.307 e. The van der Waals surface area contributed by atoms with Crippen LogP contribution < -0.4 is 10.6 Å². The first-order chi connectivity index (χ1) is 9.08. The molecule has 0 spiro atoms. The first-order valence-electron chi connectivity index (χ1n) is 8.14. The minimum atomic E-state index is 0.223. The van der Waals surface area contributed by atoms with Crippen molar-refractivity contribution in [1.29, 1.82) is 0 Å². The van der Waals surface area contributed by atoms with E-state index in [9.17, 15) is 0 Å². The Labute approximate surface area is 117 Å². The third-order valence-electron chi connectivity index (χ3n) is 5.73. The van der Waals surface area contributed by atoms with Crippen LogP contribution in [-0.2, 0) is 0 Å². The average molecular weight is 266 g/mol. The zero-order valence-corrected chi connectivity index (χ0v) is 12.9. The van der Waals surface area contributed by atoms with Crippen LogP contribution in [-0.4, -0.2) is 47.0 Å². The molecule has 3 aliphatic rings. The van der Waals surface area contributed by atoms with Crippen molar-refractivity contribution in [2.45, 2.75) is 77.3 Å². The van der Waals surface area contributed by atoms with Crippen LogP contribution in [0.2, 0.25) is 0 Å². The SMILES string of the molecule is CCN1C(C)NC2N1C(C)CNC2(C)C1CCCC1. The molecule has 2 saturated heterocycles. The zero-order chi connectivity index (χ0) is 13.6. The highest BCUT2D eigenvalue weighted by Gasteiger charge is 2.54. The van der Waals surface area contributed by atoms with Gasteiger partial charge in [0.2, 0.25) is 0 Å². The van der Waals surface area contributed by atoms with Gasteiger partial charge in [-0.3, -0.25) is 5.32 Å². The van der Waals surface area contributed by atoms with Crippen LogP contribution in [0.1, 0.15) is 53.4 Å². The van der Waals surface area contributed by atoms with Crippen molar-refractivity contribution in [3.63, 3.8) is 0 Å². The number of hydrogen-bond donors (Lipinski definition) is 2. The van der Waals surface area contributed by atoms with Gasteiger partial charge >= 0.3 is 0 Å². The maximum atomic E-state index is 3.89. The Hall–Kier alpha value is -0.160. The van der Waals surface area contributed by atoms with Crippen LogP contribution in [0.3, 0.4) is 0 Å². The van der Waals surface area contributed by atoms with Gasteiger partial charge in [-0.25, -0.2) is 10.0 Å². The van der Waals surface area contributed by atoms with Crippen LogP contribution in [0.15, 0.2) is 0 Å². The number of nitrogens with one attached hydrogen (secondary N) is 2. The number of hydrazine groups is 1. The summed E-state index contributed by atoms with van der Waals surface area (Å²) in [7, 11) is 0. The molecule has 110 valence electrons. The minimum absolute atomic E-state index is 0.223. The summed E-state index contributed by atoms with van der Waals surface area (Å²) in [4.78, 5) is 0. The highest BCUT2D eigenvalue weighted by molar-refractivity contribution is 5.08. The topological polar surface area (TPSA) is 30.5 Å². The van der Waals surface area contributed by atoms with Crippen LogP contribution in [0.5, 0.6) is 0 Å². The molecule has 0 aromatic rings. The molecular weight excluding hydrogens is 236 g/mol. The molecule has 1 aliphatic carbocycles. The van der Waals surface area contributed by atoms with Gasteiger partial charge in [-0.15, -0.1) is 0 Å². The molecule has 4 heteroatoms. The molecule has 0 bridgehead atoms. The molecule has 3 fully saturated rings. The van der Waals surface area contributed by atoms with Gasteiger partial charge in [-0.1, -0.05) is 19.8 Å². The van der Waals surface area contributed by atoms with Gasteiger partial charge < -0.3 is 5.32 Å². The molecule has 0 aromatic heterocycles. The normalized spacial score (nSPS) is 45.8. The first kappa shape index (κ1) is 13.8. The van der Waals surface area contributed by atoms with Crippen LogP contribution in [0.25, 0.3) is 0 Å². The second-order valence-corrected chi connectivity index (χ2v) is 6.87. The molecule has 1 saturated carbocycles. The number of fused-ring (bicyclic) bond motifs is 1. The van der Waals surface area contributed by atoms with Gasteiger partial charge in [-0.2, -0.15) is 0 Å². The second kappa shape index (κ2) is 4.99. The second-order valence-electron chi connectivity index (χ2n) is 6.87. The van der Waals surface area contributed by atoms with E-state index in [4.69, 9.17) is 0 Å². The van der Waals surface area contributed by atoms with E-state index in [0.29, 0.717) is 18.4 Å². The summed E-state index contributed by atoms with van der Waals surface area (Å²) in [6, 6.07) is 0.580. The highest BCUT2D eigenvalue weighted by Crippen LogP contribution is 2.41. The Bertz CT molecular complexity index is 328. The monoisotopic (exact) mass is 266 g/mol. The molecule has 19 heavy (non-hydrogen) atoms. The van der Waals surface area contributed by atoms with E-state index in [1.54, 1.807) is 0 Å². The van der Waals surface area contributed by atoms with E-state index in [0.717, 1.165) is 19.0 Å². The highest BCUT2D eigenvalue weighted by atomic mass is 15.8. The van der Waals surface area contributed by atoms with Gasteiger partial charge in [0.15, 0.2) is 0 Å². The van der Waals surface area contributed by atoms with Crippen molar-refractivity contribution in [2.24, 2.45) is 5.92 Å². The van der Waals surface area contributed by atoms with Crippen molar-refractivity contribution in [3.8, 4) is 0 Å². The number of nitrogens with zero attached hydrogens (tertiary/aromatic N) is 2. The fraction of sp³-hybridized carbons (Fsp3) is 1.00. The maximum Gasteiger partial charge on any atom is 0.0935 e. The Morgan fingerprint density at radius 2 is 1.89 bits per heavy atom. The lowest BCUT2D eigenvalue weighted by Gasteiger charge is -2.52. The number of piperazine rings is 1. The predicted molar refractivity (Wildman–Crippen MR) is 78.4 cm³/mol. The largest absolute Gasteiger partial charge is 0.307 e. The quantitative estimate of drug-likeness (QED) is 0.797. The predicted octanol–water partition coefficient (Wildman–Crippen LogP) is 1.74. The lowest BCUT2D eigenvalue weighted by atomic mass is 9.79. The molecule has 0 radical (unpaired) electrons. The summed E-state index contributed by atoms with van der Waals surface area (Å²) in [5, 5.41) is 12.9. The summed E-state index contributed by atoms with van der Waals surface area (Å²) in [5.74, 6) is 0.823. The summed E-state index contributed by atoms with van der Waals surface area (Å²) < 4.78 is 0. The van der Waals surface area contributed by atoms with E-state index in [-0.39, 0.29) is 5.54 Å². The summed E-state index contributed by atoms with van der Waals surface area (Å²) in [6.45, 7) is 11.6. The van der Waals surface area contributed by atoms with Gasteiger partial charge in [0.05, 0.1) is 12.3 Å². The molecule has 4 atom stereocenters. The zero-order valence-electron chi connectivity index (χ0n) is 12.9. The van der Waals surface area contributed by atoms with Crippen molar-refractivity contribution in [1.82, 2.24) is 20.7 Å². The lowest BCUT2D eigenvalue weighted by molar-refractivity contribution is -0.104.